The molecule has 3 atom stereocenters. The molecule has 0 radical (unpaired) electrons. The number of carbonyl (C=O) groups is 1. The minimum atomic E-state index is -0.300. The van der Waals surface area contributed by atoms with E-state index in [0.717, 1.165) is 38.6 Å². The average Bonchev–Trinajstić information content (AvgIpc) is 3.31. The Morgan fingerprint density at radius 2 is 2.00 bits per heavy atom. The molecule has 2 aromatic rings. The van der Waals surface area contributed by atoms with Crippen LogP contribution in [0.3, 0.4) is 0 Å². The van der Waals surface area contributed by atoms with Crippen LogP contribution in [-0.4, -0.2) is 40.1 Å². The molecule has 2 N–H and O–H groups in total. The van der Waals surface area contributed by atoms with Crippen LogP contribution in [0.15, 0.2) is 28.8 Å². The molecule has 2 fully saturated rings. The first-order valence-electron chi connectivity index (χ1n) is 9.24. The number of hydrogen-bond donors (Lipinski definition) is 1. The Hall–Kier alpha value is -1.99. The molecule has 0 bridgehead atoms. The summed E-state index contributed by atoms with van der Waals surface area (Å²) >= 11 is 0. The van der Waals surface area contributed by atoms with Gasteiger partial charge in [-0.1, -0.05) is 5.16 Å². The fourth-order valence-corrected chi connectivity index (χ4v) is 4.00. The molecule has 1 saturated heterocycles. The van der Waals surface area contributed by atoms with E-state index in [1.165, 1.54) is 12.1 Å². The van der Waals surface area contributed by atoms with E-state index in [-0.39, 0.29) is 42.0 Å². The lowest BCUT2D eigenvalue weighted by atomic mass is 9.96. The molecular weight excluding hydrogens is 371 g/mol. The summed E-state index contributed by atoms with van der Waals surface area (Å²) in [5.41, 5.74) is 6.66. The van der Waals surface area contributed by atoms with E-state index in [9.17, 15) is 9.18 Å². The number of amides is 1. The fourth-order valence-electron chi connectivity index (χ4n) is 4.00. The zero-order chi connectivity index (χ0) is 18.1. The Bertz CT molecular complexity index is 782. The number of piperidine rings is 1. The van der Waals surface area contributed by atoms with E-state index in [0.29, 0.717) is 23.8 Å². The highest BCUT2D eigenvalue weighted by Gasteiger charge is 2.34. The molecule has 1 aliphatic carbocycles. The standard InChI is InChI=1S/C19H23FN4O2.ClH/c20-15-6-3-12(4-7-15)17-22-18(26-23-17)14-2-1-9-24(11-14)19(25)13-5-8-16(21)10-13;/h3-4,6-7,13-14,16H,1-2,5,8-11,21H2;1H. The smallest absolute Gasteiger partial charge is 0.231 e. The van der Waals surface area contributed by atoms with E-state index >= 15 is 0 Å². The Balaban J connectivity index is 0.00000210. The summed E-state index contributed by atoms with van der Waals surface area (Å²) < 4.78 is 18.5. The van der Waals surface area contributed by atoms with Crippen molar-refractivity contribution in [1.82, 2.24) is 15.0 Å². The summed E-state index contributed by atoms with van der Waals surface area (Å²) in [6.07, 6.45) is 4.44. The van der Waals surface area contributed by atoms with E-state index in [1.54, 1.807) is 12.1 Å². The number of carbonyl (C=O) groups excluding carboxylic acids is 1. The first-order chi connectivity index (χ1) is 12.6. The summed E-state index contributed by atoms with van der Waals surface area (Å²) in [5, 5.41) is 4.02. The highest BCUT2D eigenvalue weighted by Crippen LogP contribution is 2.31. The van der Waals surface area contributed by atoms with Gasteiger partial charge in [-0.25, -0.2) is 4.39 Å². The van der Waals surface area contributed by atoms with Crippen LogP contribution in [-0.2, 0) is 4.79 Å². The predicted molar refractivity (Wildman–Crippen MR) is 101 cm³/mol. The molecule has 8 heteroatoms. The molecule has 1 amide bonds. The van der Waals surface area contributed by atoms with Gasteiger partial charge in [0.1, 0.15) is 5.82 Å². The number of rotatable bonds is 3. The molecule has 27 heavy (non-hydrogen) atoms. The Morgan fingerprint density at radius 1 is 1.22 bits per heavy atom. The largest absolute Gasteiger partial charge is 0.342 e. The molecule has 2 aliphatic rings. The van der Waals surface area contributed by atoms with Crippen molar-refractivity contribution in [2.24, 2.45) is 11.7 Å². The predicted octanol–water partition coefficient (Wildman–Crippen LogP) is 3.13. The first kappa shape index (κ1) is 19.8. The molecule has 4 rings (SSSR count). The molecule has 1 aromatic heterocycles. The van der Waals surface area contributed by atoms with Gasteiger partial charge >= 0.3 is 0 Å². The second-order valence-corrected chi connectivity index (χ2v) is 7.36. The van der Waals surface area contributed by atoms with E-state index in [2.05, 4.69) is 10.1 Å². The monoisotopic (exact) mass is 394 g/mol. The molecule has 146 valence electrons. The van der Waals surface area contributed by atoms with Gasteiger partial charge in [0.15, 0.2) is 0 Å². The minimum absolute atomic E-state index is 0. The van der Waals surface area contributed by atoms with Gasteiger partial charge in [-0.15, -0.1) is 12.4 Å². The quantitative estimate of drug-likeness (QED) is 0.864. The van der Waals surface area contributed by atoms with E-state index in [1.807, 2.05) is 4.90 Å². The van der Waals surface area contributed by atoms with E-state index in [4.69, 9.17) is 10.3 Å². The first-order valence-corrected chi connectivity index (χ1v) is 9.24. The number of aromatic nitrogens is 2. The van der Waals surface area contributed by atoms with Crippen LogP contribution in [0.1, 0.15) is 43.9 Å². The molecular formula is C19H24ClFN4O2. The summed E-state index contributed by atoms with van der Waals surface area (Å²) in [7, 11) is 0. The van der Waals surface area contributed by atoms with Crippen molar-refractivity contribution in [1.29, 1.82) is 0 Å². The third-order valence-electron chi connectivity index (χ3n) is 5.45. The molecule has 1 saturated carbocycles. The third-order valence-corrected chi connectivity index (χ3v) is 5.45. The van der Waals surface area contributed by atoms with Gasteiger partial charge in [0.25, 0.3) is 0 Å². The van der Waals surface area contributed by atoms with Gasteiger partial charge in [0.05, 0.1) is 5.92 Å². The summed E-state index contributed by atoms with van der Waals surface area (Å²) in [6, 6.07) is 6.16. The SMILES string of the molecule is Cl.NC1CCC(C(=O)N2CCCC(c3nc(-c4ccc(F)cc4)no3)C2)C1. The fraction of sp³-hybridized carbons (Fsp3) is 0.526. The summed E-state index contributed by atoms with van der Waals surface area (Å²) in [4.78, 5) is 19.2. The summed E-state index contributed by atoms with van der Waals surface area (Å²) in [5.74, 6) is 1.01. The molecule has 2 heterocycles. The normalized spacial score (nSPS) is 25.3. The van der Waals surface area contributed by atoms with Gasteiger partial charge in [0, 0.05) is 30.6 Å². The van der Waals surface area contributed by atoms with Crippen LogP contribution in [0.25, 0.3) is 11.4 Å². The lowest BCUT2D eigenvalue weighted by Gasteiger charge is -2.32. The van der Waals surface area contributed by atoms with Gasteiger partial charge in [-0.2, -0.15) is 4.98 Å². The zero-order valence-corrected chi connectivity index (χ0v) is 15.8. The second kappa shape index (κ2) is 8.35. The van der Waals surface area contributed by atoms with Crippen molar-refractivity contribution in [2.45, 2.75) is 44.1 Å². The van der Waals surface area contributed by atoms with Crippen molar-refractivity contribution in [2.75, 3.05) is 13.1 Å². The summed E-state index contributed by atoms with van der Waals surface area (Å²) in [6.45, 7) is 1.38. The second-order valence-electron chi connectivity index (χ2n) is 7.36. The average molecular weight is 395 g/mol. The van der Waals surface area contributed by atoms with Gasteiger partial charge in [-0.3, -0.25) is 4.79 Å². The van der Waals surface area contributed by atoms with Crippen molar-refractivity contribution in [3.63, 3.8) is 0 Å². The number of likely N-dealkylation sites (tertiary alicyclic amines) is 1. The van der Waals surface area contributed by atoms with Gasteiger partial charge in [0.2, 0.25) is 17.6 Å². The molecule has 3 unspecified atom stereocenters. The Labute approximate surface area is 163 Å². The third kappa shape index (κ3) is 4.30. The number of hydrogen-bond acceptors (Lipinski definition) is 5. The number of halogens is 2. The lowest BCUT2D eigenvalue weighted by molar-refractivity contribution is -0.136. The van der Waals surface area contributed by atoms with Crippen molar-refractivity contribution in [3.05, 3.63) is 36.0 Å². The molecule has 1 aromatic carbocycles. The van der Waals surface area contributed by atoms with Gasteiger partial charge < -0.3 is 15.2 Å². The molecule has 6 nitrogen and oxygen atoms in total. The Morgan fingerprint density at radius 3 is 2.70 bits per heavy atom. The maximum Gasteiger partial charge on any atom is 0.231 e. The maximum absolute atomic E-state index is 13.1. The van der Waals surface area contributed by atoms with Crippen LogP contribution in [0.4, 0.5) is 4.39 Å². The van der Waals surface area contributed by atoms with E-state index < -0.39 is 0 Å². The van der Waals surface area contributed by atoms with Gasteiger partial charge in [-0.05, 0) is 56.4 Å². The molecule has 1 aliphatic heterocycles. The highest BCUT2D eigenvalue weighted by atomic mass is 35.5. The van der Waals surface area contributed by atoms with Crippen molar-refractivity contribution in [3.8, 4) is 11.4 Å². The number of nitrogens with zero attached hydrogens (tertiary/aromatic N) is 3. The van der Waals surface area contributed by atoms with Crippen molar-refractivity contribution < 1.29 is 13.7 Å². The van der Waals surface area contributed by atoms with Crippen LogP contribution < -0.4 is 5.73 Å². The van der Waals surface area contributed by atoms with Crippen LogP contribution in [0.5, 0.6) is 0 Å². The topological polar surface area (TPSA) is 85.3 Å². The number of benzene rings is 1. The van der Waals surface area contributed by atoms with Crippen molar-refractivity contribution >= 4 is 18.3 Å². The van der Waals surface area contributed by atoms with Crippen LogP contribution >= 0.6 is 12.4 Å². The minimum Gasteiger partial charge on any atom is -0.342 e. The lowest BCUT2D eigenvalue weighted by Crippen LogP contribution is -2.42. The maximum atomic E-state index is 13.1. The number of nitrogens with two attached hydrogens (primary N) is 1. The van der Waals surface area contributed by atoms with Crippen LogP contribution in [0.2, 0.25) is 0 Å². The molecule has 0 spiro atoms. The van der Waals surface area contributed by atoms with Crippen LogP contribution in [0, 0.1) is 11.7 Å². The zero-order valence-electron chi connectivity index (χ0n) is 15.0. The Kier molecular flexibility index (Phi) is 6.11. The highest BCUT2D eigenvalue weighted by molar-refractivity contribution is 5.85.